The first-order valence-electron chi connectivity index (χ1n) is 5.31. The molecule has 0 atom stereocenters. The van der Waals surface area contributed by atoms with E-state index in [0.717, 1.165) is 11.3 Å². The highest BCUT2D eigenvalue weighted by molar-refractivity contribution is 5.39. The zero-order chi connectivity index (χ0) is 11.6. The minimum absolute atomic E-state index is 0.234. The van der Waals surface area contributed by atoms with Crippen LogP contribution >= 0.6 is 0 Å². The number of aromatic hydroxyl groups is 1. The Bertz CT molecular complexity index is 335. The number of hydrogen-bond donors (Lipinski definition) is 1. The van der Waals surface area contributed by atoms with Gasteiger partial charge in [-0.15, -0.1) is 0 Å². The Balaban J connectivity index is 2.99. The quantitative estimate of drug-likeness (QED) is 0.803. The van der Waals surface area contributed by atoms with Crippen LogP contribution in [0.5, 0.6) is 11.5 Å². The number of benzene rings is 1. The predicted octanol–water partition coefficient (Wildman–Crippen LogP) is 3.69. The summed E-state index contributed by atoms with van der Waals surface area (Å²) in [5.74, 6) is 1.38. The van der Waals surface area contributed by atoms with Crippen molar-refractivity contribution in [3.63, 3.8) is 0 Å². The molecule has 1 rings (SSSR count). The SMILES string of the molecule is CC(C)c1cc(O)cc(OC(C)(C)C)c1. The third-order valence-electron chi connectivity index (χ3n) is 2.00. The van der Waals surface area contributed by atoms with E-state index in [1.807, 2.05) is 26.8 Å². The molecule has 0 aliphatic rings. The van der Waals surface area contributed by atoms with Crippen LogP contribution < -0.4 is 4.74 Å². The standard InChI is InChI=1S/C13H20O2/c1-9(2)10-6-11(14)8-12(7-10)15-13(3,4)5/h6-9,14H,1-5H3. The Morgan fingerprint density at radius 1 is 1.13 bits per heavy atom. The molecular formula is C13H20O2. The maximum atomic E-state index is 9.56. The molecule has 0 heterocycles. The molecule has 1 aromatic carbocycles. The summed E-state index contributed by atoms with van der Waals surface area (Å²) in [7, 11) is 0. The molecular weight excluding hydrogens is 188 g/mol. The average molecular weight is 208 g/mol. The summed E-state index contributed by atoms with van der Waals surface area (Å²) in [6.45, 7) is 10.2. The lowest BCUT2D eigenvalue weighted by molar-refractivity contribution is 0.130. The second kappa shape index (κ2) is 4.13. The van der Waals surface area contributed by atoms with Gasteiger partial charge in [0.2, 0.25) is 0 Å². The highest BCUT2D eigenvalue weighted by Gasteiger charge is 2.13. The van der Waals surface area contributed by atoms with E-state index in [4.69, 9.17) is 4.74 Å². The van der Waals surface area contributed by atoms with Crippen molar-refractivity contribution in [3.05, 3.63) is 23.8 Å². The summed E-state index contributed by atoms with van der Waals surface area (Å²) in [6.07, 6.45) is 0. The summed E-state index contributed by atoms with van der Waals surface area (Å²) in [4.78, 5) is 0. The van der Waals surface area contributed by atoms with Gasteiger partial charge in [-0.3, -0.25) is 0 Å². The first-order chi connectivity index (χ1) is 6.78. The maximum absolute atomic E-state index is 9.56. The van der Waals surface area contributed by atoms with E-state index in [1.165, 1.54) is 0 Å². The van der Waals surface area contributed by atoms with Gasteiger partial charge in [0.05, 0.1) is 0 Å². The molecule has 2 nitrogen and oxygen atoms in total. The fourth-order valence-electron chi connectivity index (χ4n) is 1.35. The van der Waals surface area contributed by atoms with Crippen molar-refractivity contribution in [2.75, 3.05) is 0 Å². The van der Waals surface area contributed by atoms with Gasteiger partial charge in [-0.2, -0.15) is 0 Å². The van der Waals surface area contributed by atoms with Crippen molar-refractivity contribution in [1.82, 2.24) is 0 Å². The van der Waals surface area contributed by atoms with Crippen molar-refractivity contribution in [2.45, 2.75) is 46.1 Å². The molecule has 0 saturated carbocycles. The Labute approximate surface area is 91.9 Å². The van der Waals surface area contributed by atoms with Gasteiger partial charge in [-0.05, 0) is 44.4 Å². The van der Waals surface area contributed by atoms with Gasteiger partial charge in [0.25, 0.3) is 0 Å². The number of phenols is 1. The summed E-state index contributed by atoms with van der Waals surface area (Å²) in [6, 6.07) is 5.41. The third-order valence-corrected chi connectivity index (χ3v) is 2.00. The molecule has 0 radical (unpaired) electrons. The lowest BCUT2D eigenvalue weighted by Gasteiger charge is -2.22. The van der Waals surface area contributed by atoms with Crippen molar-refractivity contribution in [2.24, 2.45) is 0 Å². The summed E-state index contributed by atoms with van der Waals surface area (Å²) < 4.78 is 5.71. The van der Waals surface area contributed by atoms with Crippen LogP contribution in [0, 0.1) is 0 Å². The molecule has 0 unspecified atom stereocenters. The van der Waals surface area contributed by atoms with Crippen LogP contribution in [0.2, 0.25) is 0 Å². The molecule has 84 valence electrons. The van der Waals surface area contributed by atoms with E-state index >= 15 is 0 Å². The van der Waals surface area contributed by atoms with E-state index in [-0.39, 0.29) is 11.4 Å². The molecule has 0 saturated heterocycles. The van der Waals surface area contributed by atoms with Crippen molar-refractivity contribution >= 4 is 0 Å². The molecule has 0 spiro atoms. The van der Waals surface area contributed by atoms with E-state index in [0.29, 0.717) is 5.92 Å². The second-order valence-electron chi connectivity index (χ2n) is 5.13. The van der Waals surface area contributed by atoms with E-state index in [9.17, 15) is 5.11 Å². The molecule has 1 aromatic rings. The zero-order valence-electron chi connectivity index (χ0n) is 10.2. The van der Waals surface area contributed by atoms with Crippen LogP contribution in [0.3, 0.4) is 0 Å². The lowest BCUT2D eigenvalue weighted by Crippen LogP contribution is -2.22. The molecule has 0 aliphatic carbocycles. The van der Waals surface area contributed by atoms with E-state index in [2.05, 4.69) is 13.8 Å². The lowest BCUT2D eigenvalue weighted by atomic mass is 10.0. The Hall–Kier alpha value is -1.18. The van der Waals surface area contributed by atoms with Gasteiger partial charge in [0.15, 0.2) is 0 Å². The van der Waals surface area contributed by atoms with Gasteiger partial charge in [0, 0.05) is 6.07 Å². The Morgan fingerprint density at radius 3 is 2.20 bits per heavy atom. The van der Waals surface area contributed by atoms with Gasteiger partial charge >= 0.3 is 0 Å². The van der Waals surface area contributed by atoms with Crippen LogP contribution in [0.15, 0.2) is 18.2 Å². The molecule has 1 N–H and O–H groups in total. The Kier molecular flexibility index (Phi) is 3.28. The first-order valence-corrected chi connectivity index (χ1v) is 5.31. The van der Waals surface area contributed by atoms with Crippen LogP contribution in [-0.4, -0.2) is 10.7 Å². The molecule has 0 aliphatic heterocycles. The highest BCUT2D eigenvalue weighted by Crippen LogP contribution is 2.28. The number of rotatable bonds is 2. The second-order valence-corrected chi connectivity index (χ2v) is 5.13. The fraction of sp³-hybridized carbons (Fsp3) is 0.538. The smallest absolute Gasteiger partial charge is 0.124 e. The fourth-order valence-corrected chi connectivity index (χ4v) is 1.35. The van der Waals surface area contributed by atoms with Crippen molar-refractivity contribution in [1.29, 1.82) is 0 Å². The zero-order valence-corrected chi connectivity index (χ0v) is 10.2. The third kappa shape index (κ3) is 3.82. The monoisotopic (exact) mass is 208 g/mol. The topological polar surface area (TPSA) is 29.5 Å². The highest BCUT2D eigenvalue weighted by atomic mass is 16.5. The van der Waals surface area contributed by atoms with Gasteiger partial charge < -0.3 is 9.84 Å². The molecule has 0 aromatic heterocycles. The molecule has 0 amide bonds. The average Bonchev–Trinajstić information content (AvgIpc) is 1.99. The number of ether oxygens (including phenoxy) is 1. The van der Waals surface area contributed by atoms with Gasteiger partial charge in [-0.25, -0.2) is 0 Å². The normalized spacial score (nSPS) is 11.9. The molecule has 0 bridgehead atoms. The predicted molar refractivity (Wildman–Crippen MR) is 62.6 cm³/mol. The largest absolute Gasteiger partial charge is 0.508 e. The van der Waals surface area contributed by atoms with Crippen LogP contribution in [0.4, 0.5) is 0 Å². The minimum atomic E-state index is -0.234. The van der Waals surface area contributed by atoms with Crippen molar-refractivity contribution in [3.8, 4) is 11.5 Å². The van der Waals surface area contributed by atoms with Crippen LogP contribution in [0.25, 0.3) is 0 Å². The van der Waals surface area contributed by atoms with Crippen LogP contribution in [0.1, 0.15) is 46.1 Å². The van der Waals surface area contributed by atoms with E-state index in [1.54, 1.807) is 12.1 Å². The van der Waals surface area contributed by atoms with Gasteiger partial charge in [0.1, 0.15) is 17.1 Å². The van der Waals surface area contributed by atoms with E-state index < -0.39 is 0 Å². The first kappa shape index (κ1) is 11.9. The molecule has 2 heteroatoms. The summed E-state index contributed by atoms with van der Waals surface area (Å²) >= 11 is 0. The van der Waals surface area contributed by atoms with Gasteiger partial charge in [-0.1, -0.05) is 13.8 Å². The van der Waals surface area contributed by atoms with Crippen molar-refractivity contribution < 1.29 is 9.84 Å². The summed E-state index contributed by atoms with van der Waals surface area (Å²) in [5, 5.41) is 9.56. The molecule has 15 heavy (non-hydrogen) atoms. The minimum Gasteiger partial charge on any atom is -0.508 e. The Morgan fingerprint density at radius 2 is 1.73 bits per heavy atom. The maximum Gasteiger partial charge on any atom is 0.124 e. The molecule has 0 fully saturated rings. The van der Waals surface area contributed by atoms with Crippen LogP contribution in [-0.2, 0) is 0 Å². The summed E-state index contributed by atoms with van der Waals surface area (Å²) in [5.41, 5.74) is 0.858. The number of hydrogen-bond acceptors (Lipinski definition) is 2. The number of phenolic OH excluding ortho intramolecular Hbond substituents is 1.